The Bertz CT molecular complexity index is 553. The Morgan fingerprint density at radius 1 is 1.40 bits per heavy atom. The number of thiol groups is 1. The van der Waals surface area contributed by atoms with Crippen molar-refractivity contribution in [3.63, 3.8) is 0 Å². The molecule has 20 heavy (non-hydrogen) atoms. The van der Waals surface area contributed by atoms with E-state index in [1.807, 2.05) is 13.1 Å². The van der Waals surface area contributed by atoms with E-state index in [0.29, 0.717) is 0 Å². The fourth-order valence-corrected chi connectivity index (χ4v) is 2.36. The fourth-order valence-electron chi connectivity index (χ4n) is 2.15. The summed E-state index contributed by atoms with van der Waals surface area (Å²) in [5.41, 5.74) is 4.62. The van der Waals surface area contributed by atoms with Crippen molar-refractivity contribution in [2.75, 3.05) is 7.05 Å². The predicted octanol–water partition coefficient (Wildman–Crippen LogP) is 3.27. The lowest BCUT2D eigenvalue weighted by Gasteiger charge is -2.24. The Balaban J connectivity index is 2.18. The van der Waals surface area contributed by atoms with Gasteiger partial charge < -0.3 is 10.6 Å². The molecule has 1 aromatic rings. The molecule has 0 saturated heterocycles. The van der Waals surface area contributed by atoms with Gasteiger partial charge in [-0.25, -0.2) is 0 Å². The highest BCUT2D eigenvalue weighted by Crippen LogP contribution is 2.19. The molecule has 0 amide bonds. The molecule has 2 N–H and O–H groups in total. The first-order chi connectivity index (χ1) is 9.78. The number of rotatable bonds is 5. The van der Waals surface area contributed by atoms with Gasteiger partial charge in [-0.2, -0.15) is 12.6 Å². The van der Waals surface area contributed by atoms with Crippen LogP contribution in [-0.4, -0.2) is 13.1 Å². The molecule has 0 aromatic heterocycles. The summed E-state index contributed by atoms with van der Waals surface area (Å²) >= 11 is 4.28. The molecule has 2 rings (SSSR count). The van der Waals surface area contributed by atoms with E-state index in [2.05, 4.69) is 72.3 Å². The third-order valence-corrected chi connectivity index (χ3v) is 3.61. The van der Waals surface area contributed by atoms with Gasteiger partial charge in [0.15, 0.2) is 0 Å². The quantitative estimate of drug-likeness (QED) is 0.571. The summed E-state index contributed by atoms with van der Waals surface area (Å²) in [5, 5.41) is 6.72. The molecule has 0 fully saturated rings. The molecule has 1 unspecified atom stereocenters. The minimum Gasteiger partial charge on any atom is -0.389 e. The van der Waals surface area contributed by atoms with Gasteiger partial charge in [0.25, 0.3) is 0 Å². The van der Waals surface area contributed by atoms with Crippen LogP contribution >= 0.6 is 12.6 Å². The number of hydrogen-bond acceptors (Lipinski definition) is 3. The van der Waals surface area contributed by atoms with Crippen LogP contribution in [-0.2, 0) is 5.75 Å². The molecular weight excluding hydrogens is 264 g/mol. The number of likely N-dealkylation sites (N-methyl/N-ethyl adjacent to an activating group) is 1. The van der Waals surface area contributed by atoms with E-state index < -0.39 is 0 Å². The lowest BCUT2D eigenvalue weighted by Crippen LogP contribution is -2.34. The molecule has 0 bridgehead atoms. The molecule has 2 nitrogen and oxygen atoms in total. The zero-order chi connectivity index (χ0) is 14.4. The molecule has 1 aliphatic heterocycles. The maximum absolute atomic E-state index is 4.28. The second kappa shape index (κ2) is 7.06. The Labute approximate surface area is 126 Å². The molecule has 104 valence electrons. The van der Waals surface area contributed by atoms with Crippen LogP contribution in [0.15, 0.2) is 66.9 Å². The van der Waals surface area contributed by atoms with Crippen molar-refractivity contribution in [2.45, 2.75) is 11.8 Å². The van der Waals surface area contributed by atoms with E-state index in [1.54, 1.807) is 6.08 Å². The lowest BCUT2D eigenvalue weighted by atomic mass is 10.0. The van der Waals surface area contributed by atoms with E-state index in [1.165, 1.54) is 11.1 Å². The van der Waals surface area contributed by atoms with Crippen LogP contribution in [0.1, 0.15) is 11.1 Å². The number of nitrogens with one attached hydrogen (secondary N) is 2. The van der Waals surface area contributed by atoms with Gasteiger partial charge in [-0.05, 0) is 23.3 Å². The van der Waals surface area contributed by atoms with Crippen LogP contribution in [0.2, 0.25) is 0 Å². The molecule has 0 spiro atoms. The van der Waals surface area contributed by atoms with Crippen LogP contribution in [0, 0.1) is 0 Å². The van der Waals surface area contributed by atoms with Crippen LogP contribution in [0.4, 0.5) is 0 Å². The van der Waals surface area contributed by atoms with Gasteiger partial charge in [-0.1, -0.05) is 49.1 Å². The highest BCUT2D eigenvalue weighted by Gasteiger charge is 2.14. The highest BCUT2D eigenvalue weighted by molar-refractivity contribution is 7.79. The molecule has 1 atom stereocenters. The van der Waals surface area contributed by atoms with Crippen LogP contribution < -0.4 is 10.6 Å². The Hall–Kier alpha value is -1.87. The average molecular weight is 284 g/mol. The van der Waals surface area contributed by atoms with Gasteiger partial charge >= 0.3 is 0 Å². The Morgan fingerprint density at radius 3 is 2.75 bits per heavy atom. The summed E-state index contributed by atoms with van der Waals surface area (Å²) < 4.78 is 0. The van der Waals surface area contributed by atoms with Gasteiger partial charge in [-0.15, -0.1) is 0 Å². The molecule has 0 saturated carbocycles. The molecule has 0 radical (unpaired) electrons. The van der Waals surface area contributed by atoms with Crippen molar-refractivity contribution in [1.82, 2.24) is 10.6 Å². The number of hydrogen-bond donors (Lipinski definition) is 3. The zero-order valence-corrected chi connectivity index (χ0v) is 12.5. The predicted molar refractivity (Wildman–Crippen MR) is 90.5 cm³/mol. The first-order valence-corrected chi connectivity index (χ1v) is 7.27. The van der Waals surface area contributed by atoms with E-state index in [0.717, 1.165) is 17.1 Å². The number of dihydropyridines is 1. The summed E-state index contributed by atoms with van der Waals surface area (Å²) in [5.74, 6) is 0.765. The largest absolute Gasteiger partial charge is 0.389 e. The molecule has 1 aromatic carbocycles. The van der Waals surface area contributed by atoms with Gasteiger partial charge in [0.2, 0.25) is 0 Å². The second-order valence-corrected chi connectivity index (χ2v) is 4.87. The van der Waals surface area contributed by atoms with E-state index >= 15 is 0 Å². The molecule has 0 aliphatic carbocycles. The van der Waals surface area contributed by atoms with Gasteiger partial charge in [0, 0.05) is 24.2 Å². The monoisotopic (exact) mass is 284 g/mol. The highest BCUT2D eigenvalue weighted by atomic mass is 32.1. The van der Waals surface area contributed by atoms with Crippen LogP contribution in [0.25, 0.3) is 5.70 Å². The van der Waals surface area contributed by atoms with E-state index in [4.69, 9.17) is 0 Å². The van der Waals surface area contributed by atoms with E-state index in [9.17, 15) is 0 Å². The van der Waals surface area contributed by atoms with Crippen molar-refractivity contribution in [1.29, 1.82) is 0 Å². The number of benzene rings is 1. The average Bonchev–Trinajstić information content (AvgIpc) is 2.53. The third-order valence-electron chi connectivity index (χ3n) is 3.25. The molecule has 3 heteroatoms. The topological polar surface area (TPSA) is 24.1 Å². The second-order valence-electron chi connectivity index (χ2n) is 4.55. The molecular formula is C17H20N2S. The summed E-state index contributed by atoms with van der Waals surface area (Å²) in [6.07, 6.45) is 10.1. The summed E-state index contributed by atoms with van der Waals surface area (Å²) in [7, 11) is 1.92. The molecule has 1 aliphatic rings. The number of allylic oxidation sites excluding steroid dienone is 4. The Kier molecular flexibility index (Phi) is 5.13. The minimum absolute atomic E-state index is 0.141. The minimum atomic E-state index is 0.141. The first-order valence-electron chi connectivity index (χ1n) is 6.64. The maximum Gasteiger partial charge on any atom is 0.0847 e. The Morgan fingerprint density at radius 2 is 2.15 bits per heavy atom. The maximum atomic E-state index is 4.28. The first kappa shape index (κ1) is 14.5. The standard InChI is InChI=1S/C17H20N2S/c1-3-5-16(18-2)17-7-4-6-15(19-17)14-10-8-13(12-20)9-11-14/h3-11,17-20H,1,12H2,2H3/b16-5-. The zero-order valence-electron chi connectivity index (χ0n) is 11.6. The lowest BCUT2D eigenvalue weighted by molar-refractivity contribution is 0.739. The van der Waals surface area contributed by atoms with Gasteiger partial charge in [0.05, 0.1) is 6.04 Å². The van der Waals surface area contributed by atoms with Crippen molar-refractivity contribution in [3.05, 3.63) is 78.0 Å². The van der Waals surface area contributed by atoms with E-state index in [-0.39, 0.29) is 6.04 Å². The smallest absolute Gasteiger partial charge is 0.0847 e. The molecule has 1 heterocycles. The van der Waals surface area contributed by atoms with Gasteiger partial charge in [-0.3, -0.25) is 0 Å². The van der Waals surface area contributed by atoms with Crippen molar-refractivity contribution >= 4 is 18.3 Å². The summed E-state index contributed by atoms with van der Waals surface area (Å²) in [6.45, 7) is 3.75. The summed E-state index contributed by atoms with van der Waals surface area (Å²) in [4.78, 5) is 0. The third kappa shape index (κ3) is 3.36. The van der Waals surface area contributed by atoms with Crippen molar-refractivity contribution in [3.8, 4) is 0 Å². The van der Waals surface area contributed by atoms with Crippen molar-refractivity contribution in [2.24, 2.45) is 0 Å². The SMILES string of the molecule is C=C/C=C(\NC)C1C=CC=C(c2ccc(CS)cc2)N1. The van der Waals surface area contributed by atoms with Crippen LogP contribution in [0.3, 0.4) is 0 Å². The van der Waals surface area contributed by atoms with Crippen LogP contribution in [0.5, 0.6) is 0 Å². The normalized spacial score (nSPS) is 18.2. The van der Waals surface area contributed by atoms with Crippen molar-refractivity contribution < 1.29 is 0 Å². The fraction of sp³-hybridized carbons (Fsp3) is 0.176. The van der Waals surface area contributed by atoms with Gasteiger partial charge in [0.1, 0.15) is 0 Å². The summed E-state index contributed by atoms with van der Waals surface area (Å²) in [6, 6.07) is 8.60.